The standard InChI is InChI=1S/C24H26N4O2S/c1-3-16-13-20-21(14-25)22(28(18-5-4-6-18)23(20)26-15-16)17-7-9-19(10-8-17)31(29,30)27-24(2)11-12-24/h7-10,13,15,18,27H,3-6,11-12H2,1-2H3. The topological polar surface area (TPSA) is 87.8 Å². The Labute approximate surface area is 183 Å². The molecule has 160 valence electrons. The van der Waals surface area contributed by atoms with E-state index >= 15 is 0 Å². The third kappa shape index (κ3) is 3.44. The Bertz CT molecular complexity index is 1310. The molecular weight excluding hydrogens is 408 g/mol. The molecule has 0 unspecified atom stereocenters. The van der Waals surface area contributed by atoms with Crippen LogP contribution < -0.4 is 4.72 Å². The summed E-state index contributed by atoms with van der Waals surface area (Å²) >= 11 is 0. The van der Waals surface area contributed by atoms with Crippen molar-refractivity contribution in [3.8, 4) is 17.3 Å². The first-order valence-corrected chi connectivity index (χ1v) is 12.4. The van der Waals surface area contributed by atoms with Crippen molar-refractivity contribution in [2.45, 2.75) is 68.8 Å². The predicted molar refractivity (Wildman–Crippen MR) is 120 cm³/mol. The van der Waals surface area contributed by atoms with Crippen molar-refractivity contribution < 1.29 is 8.42 Å². The number of benzene rings is 1. The minimum atomic E-state index is -3.56. The van der Waals surface area contributed by atoms with E-state index in [1.807, 2.05) is 25.3 Å². The van der Waals surface area contributed by atoms with Gasteiger partial charge in [-0.25, -0.2) is 18.1 Å². The molecule has 0 amide bonds. The van der Waals surface area contributed by atoms with Crippen molar-refractivity contribution in [3.63, 3.8) is 0 Å². The summed E-state index contributed by atoms with van der Waals surface area (Å²) in [7, 11) is -3.56. The number of hydrogen-bond donors (Lipinski definition) is 1. The first-order chi connectivity index (χ1) is 14.8. The fraction of sp³-hybridized carbons (Fsp3) is 0.417. The van der Waals surface area contributed by atoms with Crippen LogP contribution in [0.15, 0.2) is 41.4 Å². The van der Waals surface area contributed by atoms with Gasteiger partial charge in [-0.3, -0.25) is 0 Å². The molecule has 6 nitrogen and oxygen atoms in total. The van der Waals surface area contributed by atoms with Gasteiger partial charge in [0.05, 0.1) is 16.2 Å². The van der Waals surface area contributed by atoms with E-state index in [1.54, 1.807) is 12.1 Å². The van der Waals surface area contributed by atoms with Crippen LogP contribution in [0.2, 0.25) is 0 Å². The molecule has 0 saturated heterocycles. The van der Waals surface area contributed by atoms with Gasteiger partial charge in [-0.05, 0) is 74.8 Å². The molecule has 7 heteroatoms. The molecule has 5 rings (SSSR count). The molecule has 0 aliphatic heterocycles. The molecule has 3 aromatic rings. The number of hydrogen-bond acceptors (Lipinski definition) is 4. The van der Waals surface area contributed by atoms with Gasteiger partial charge in [0.15, 0.2) is 0 Å². The SMILES string of the molecule is CCc1cnc2c(c1)c(C#N)c(-c1ccc(S(=O)(=O)NC3(C)CC3)cc1)n2C1CCC1. The maximum absolute atomic E-state index is 12.7. The maximum Gasteiger partial charge on any atom is 0.241 e. The molecule has 0 radical (unpaired) electrons. The van der Waals surface area contributed by atoms with Crippen molar-refractivity contribution in [2.24, 2.45) is 0 Å². The molecule has 0 atom stereocenters. The Morgan fingerprint density at radius 1 is 1.26 bits per heavy atom. The summed E-state index contributed by atoms with van der Waals surface area (Å²) in [5, 5.41) is 10.9. The van der Waals surface area contributed by atoms with Crippen molar-refractivity contribution in [2.75, 3.05) is 0 Å². The first-order valence-electron chi connectivity index (χ1n) is 10.9. The fourth-order valence-corrected chi connectivity index (χ4v) is 5.75. The molecule has 1 aromatic carbocycles. The van der Waals surface area contributed by atoms with E-state index in [1.165, 1.54) is 6.42 Å². The lowest BCUT2D eigenvalue weighted by Crippen LogP contribution is -2.34. The van der Waals surface area contributed by atoms with E-state index in [-0.39, 0.29) is 10.4 Å². The minimum Gasteiger partial charge on any atom is -0.321 e. The monoisotopic (exact) mass is 434 g/mol. The molecule has 2 fully saturated rings. The molecule has 2 aliphatic rings. The van der Waals surface area contributed by atoms with E-state index in [4.69, 9.17) is 4.98 Å². The number of rotatable bonds is 6. The van der Waals surface area contributed by atoms with E-state index in [9.17, 15) is 13.7 Å². The van der Waals surface area contributed by atoms with Crippen LogP contribution in [0, 0.1) is 11.3 Å². The minimum absolute atomic E-state index is 0.251. The van der Waals surface area contributed by atoms with Crippen LogP contribution in [0.1, 0.15) is 63.1 Å². The fourth-order valence-electron chi connectivity index (χ4n) is 4.29. The summed E-state index contributed by atoms with van der Waals surface area (Å²) in [4.78, 5) is 4.97. The van der Waals surface area contributed by atoms with E-state index < -0.39 is 10.0 Å². The molecule has 2 aromatic heterocycles. The lowest BCUT2D eigenvalue weighted by atomic mass is 9.92. The molecule has 2 saturated carbocycles. The van der Waals surface area contributed by atoms with E-state index in [0.717, 1.165) is 60.0 Å². The second kappa shape index (κ2) is 7.18. The van der Waals surface area contributed by atoms with Gasteiger partial charge in [0, 0.05) is 23.2 Å². The summed E-state index contributed by atoms with van der Waals surface area (Å²) in [6.07, 6.45) is 7.77. The molecule has 2 aliphatic carbocycles. The number of pyridine rings is 1. The van der Waals surface area contributed by atoms with Gasteiger partial charge in [0.1, 0.15) is 11.7 Å². The maximum atomic E-state index is 12.7. The highest BCUT2D eigenvalue weighted by atomic mass is 32.2. The molecule has 0 bridgehead atoms. The van der Waals surface area contributed by atoms with Gasteiger partial charge in [0.2, 0.25) is 10.0 Å². The average Bonchev–Trinajstić information content (AvgIpc) is 3.35. The van der Waals surface area contributed by atoms with Gasteiger partial charge in [-0.1, -0.05) is 19.1 Å². The molecular formula is C24H26N4O2S. The smallest absolute Gasteiger partial charge is 0.241 e. The number of aryl methyl sites for hydroxylation is 1. The second-order valence-corrected chi connectivity index (χ2v) is 10.7. The van der Waals surface area contributed by atoms with Gasteiger partial charge in [-0.2, -0.15) is 5.26 Å². The summed E-state index contributed by atoms with van der Waals surface area (Å²) in [6, 6.07) is 11.7. The zero-order valence-corrected chi connectivity index (χ0v) is 18.7. The Morgan fingerprint density at radius 2 is 1.97 bits per heavy atom. The summed E-state index contributed by atoms with van der Waals surface area (Å²) in [5.74, 6) is 0. The quantitative estimate of drug-likeness (QED) is 0.609. The van der Waals surface area contributed by atoms with E-state index in [2.05, 4.69) is 28.3 Å². The third-order valence-electron chi connectivity index (χ3n) is 6.68. The second-order valence-electron chi connectivity index (χ2n) is 9.05. The molecule has 2 heterocycles. The lowest BCUT2D eigenvalue weighted by Gasteiger charge is -2.29. The number of aromatic nitrogens is 2. The van der Waals surface area contributed by atoms with Crippen LogP contribution in [-0.4, -0.2) is 23.5 Å². The predicted octanol–water partition coefficient (Wildman–Crippen LogP) is 4.69. The summed E-state index contributed by atoms with van der Waals surface area (Å²) in [5.41, 5.74) is 3.93. The Kier molecular flexibility index (Phi) is 4.68. The molecule has 0 spiro atoms. The number of sulfonamides is 1. The van der Waals surface area contributed by atoms with Crippen LogP contribution in [0.4, 0.5) is 0 Å². The van der Waals surface area contributed by atoms with Crippen molar-refractivity contribution in [3.05, 3.63) is 47.7 Å². The van der Waals surface area contributed by atoms with Crippen LogP contribution in [0.25, 0.3) is 22.3 Å². The lowest BCUT2D eigenvalue weighted by molar-refractivity contribution is 0.323. The molecule has 31 heavy (non-hydrogen) atoms. The van der Waals surface area contributed by atoms with Crippen LogP contribution in [0.5, 0.6) is 0 Å². The summed E-state index contributed by atoms with van der Waals surface area (Å²) < 4.78 is 30.4. The van der Waals surface area contributed by atoms with E-state index in [0.29, 0.717) is 11.6 Å². The number of fused-ring (bicyclic) bond motifs is 1. The highest BCUT2D eigenvalue weighted by Gasteiger charge is 2.41. The van der Waals surface area contributed by atoms with Gasteiger partial charge in [-0.15, -0.1) is 0 Å². The van der Waals surface area contributed by atoms with Crippen LogP contribution >= 0.6 is 0 Å². The number of nitriles is 1. The van der Waals surface area contributed by atoms with Gasteiger partial charge < -0.3 is 4.57 Å². The normalized spacial score (nSPS) is 18.0. The van der Waals surface area contributed by atoms with Crippen molar-refractivity contribution >= 4 is 21.1 Å². The number of nitrogens with one attached hydrogen (secondary N) is 1. The number of nitrogens with zero attached hydrogens (tertiary/aromatic N) is 3. The van der Waals surface area contributed by atoms with Crippen LogP contribution in [0.3, 0.4) is 0 Å². The zero-order chi connectivity index (χ0) is 21.8. The highest BCUT2D eigenvalue weighted by Crippen LogP contribution is 2.42. The first kappa shape index (κ1) is 20.2. The Morgan fingerprint density at radius 3 is 2.52 bits per heavy atom. The summed E-state index contributed by atoms with van der Waals surface area (Å²) in [6.45, 7) is 4.00. The van der Waals surface area contributed by atoms with Crippen molar-refractivity contribution in [1.82, 2.24) is 14.3 Å². The van der Waals surface area contributed by atoms with Crippen molar-refractivity contribution in [1.29, 1.82) is 5.26 Å². The van der Waals surface area contributed by atoms with Gasteiger partial charge in [0.25, 0.3) is 0 Å². The Hall–Kier alpha value is -2.69. The van der Waals surface area contributed by atoms with Crippen LogP contribution in [-0.2, 0) is 16.4 Å². The molecule has 1 N–H and O–H groups in total. The third-order valence-corrected chi connectivity index (χ3v) is 8.33. The Balaban J connectivity index is 1.63. The average molecular weight is 435 g/mol. The zero-order valence-electron chi connectivity index (χ0n) is 17.9. The van der Waals surface area contributed by atoms with Gasteiger partial charge >= 0.3 is 0 Å². The highest BCUT2D eigenvalue weighted by molar-refractivity contribution is 7.89. The largest absolute Gasteiger partial charge is 0.321 e.